The Kier molecular flexibility index (Phi) is 4.10. The maximum absolute atomic E-state index is 12.8. The Morgan fingerprint density at radius 3 is 2.24 bits per heavy atom. The van der Waals surface area contributed by atoms with Gasteiger partial charge in [-0.15, -0.1) is 0 Å². The van der Waals surface area contributed by atoms with E-state index in [1.807, 2.05) is 6.92 Å². The van der Waals surface area contributed by atoms with Crippen LogP contribution in [0.25, 0.3) is 0 Å². The smallest absolute Gasteiger partial charge is 0.338 e. The van der Waals surface area contributed by atoms with E-state index in [1.54, 1.807) is 24.3 Å². The van der Waals surface area contributed by atoms with Crippen LogP contribution in [0.3, 0.4) is 0 Å². The third-order valence-corrected chi connectivity index (χ3v) is 6.02. The summed E-state index contributed by atoms with van der Waals surface area (Å²) < 4.78 is 5.19. The maximum Gasteiger partial charge on any atom is 0.338 e. The van der Waals surface area contributed by atoms with E-state index in [2.05, 4.69) is 0 Å². The first-order valence-corrected chi connectivity index (χ1v) is 9.26. The fourth-order valence-electron chi connectivity index (χ4n) is 4.80. The number of carbonyl (C=O) groups excluding carboxylic acids is 3. The molecule has 3 fully saturated rings. The normalized spacial score (nSPS) is 30.0. The van der Waals surface area contributed by atoms with Crippen molar-refractivity contribution in [3.05, 3.63) is 29.8 Å². The Morgan fingerprint density at radius 1 is 1.08 bits per heavy atom. The number of imide groups is 1. The minimum absolute atomic E-state index is 0.0551. The van der Waals surface area contributed by atoms with E-state index in [0.717, 1.165) is 32.1 Å². The zero-order valence-corrected chi connectivity index (χ0v) is 14.4. The summed E-state index contributed by atoms with van der Waals surface area (Å²) in [5, 5.41) is 0. The van der Waals surface area contributed by atoms with Gasteiger partial charge in [-0.1, -0.05) is 13.3 Å². The highest BCUT2D eigenvalue weighted by Crippen LogP contribution is 2.56. The first kappa shape index (κ1) is 16.3. The second-order valence-electron chi connectivity index (χ2n) is 7.43. The van der Waals surface area contributed by atoms with Gasteiger partial charge in [0.1, 0.15) is 0 Å². The molecule has 1 aromatic rings. The van der Waals surface area contributed by atoms with Gasteiger partial charge in [0.25, 0.3) is 0 Å². The molecule has 4 rings (SSSR count). The SMILES string of the molecule is CCCCOC(=O)c1ccc(N2C(=O)[C@@H]3[C@H]4CC[C@@H](C4)[C@H]3C2=O)cc1. The van der Waals surface area contributed by atoms with Crippen molar-refractivity contribution in [3.8, 4) is 0 Å². The van der Waals surface area contributed by atoms with Crippen LogP contribution in [-0.4, -0.2) is 24.4 Å². The summed E-state index contributed by atoms with van der Waals surface area (Å²) in [6, 6.07) is 6.62. The number of hydrogen-bond donors (Lipinski definition) is 0. The molecule has 4 atom stereocenters. The lowest BCUT2D eigenvalue weighted by Gasteiger charge is -2.19. The molecule has 132 valence electrons. The lowest BCUT2D eigenvalue weighted by atomic mass is 9.81. The largest absolute Gasteiger partial charge is 0.462 e. The zero-order valence-electron chi connectivity index (χ0n) is 14.4. The molecule has 0 aromatic heterocycles. The molecule has 1 aliphatic heterocycles. The van der Waals surface area contributed by atoms with Crippen molar-refractivity contribution in [2.24, 2.45) is 23.7 Å². The molecular formula is C20H23NO4. The number of fused-ring (bicyclic) bond motifs is 5. The standard InChI is InChI=1S/C20H23NO4/c1-2-3-10-25-20(24)12-6-8-15(9-7-12)21-18(22)16-13-4-5-14(11-13)17(16)19(21)23/h6-9,13-14,16-17H,2-5,10-11H2,1H3/t13-,14-,16+,17+/m0/s1. The molecular weight excluding hydrogens is 318 g/mol. The van der Waals surface area contributed by atoms with Crippen molar-refractivity contribution in [2.75, 3.05) is 11.5 Å². The maximum atomic E-state index is 12.8. The average Bonchev–Trinajstić information content (AvgIpc) is 3.29. The molecule has 1 heterocycles. The Bertz CT molecular complexity index is 683. The van der Waals surface area contributed by atoms with Crippen molar-refractivity contribution < 1.29 is 19.1 Å². The van der Waals surface area contributed by atoms with Crippen LogP contribution in [0.5, 0.6) is 0 Å². The number of nitrogens with zero attached hydrogens (tertiary/aromatic N) is 1. The monoisotopic (exact) mass is 341 g/mol. The second-order valence-corrected chi connectivity index (χ2v) is 7.43. The third-order valence-electron chi connectivity index (χ3n) is 6.02. The van der Waals surface area contributed by atoms with Gasteiger partial charge < -0.3 is 4.74 Å². The highest BCUT2D eigenvalue weighted by Gasteiger charge is 2.61. The molecule has 5 nitrogen and oxygen atoms in total. The van der Waals surface area contributed by atoms with Gasteiger partial charge in [0.05, 0.1) is 29.7 Å². The topological polar surface area (TPSA) is 63.7 Å². The number of unbranched alkanes of at least 4 members (excludes halogenated alkanes) is 1. The van der Waals surface area contributed by atoms with Crippen LogP contribution in [0.1, 0.15) is 49.4 Å². The van der Waals surface area contributed by atoms with Gasteiger partial charge in [-0.25, -0.2) is 4.79 Å². The summed E-state index contributed by atoms with van der Waals surface area (Å²) in [5.41, 5.74) is 1.01. The zero-order chi connectivity index (χ0) is 17.6. The molecule has 25 heavy (non-hydrogen) atoms. The molecule has 1 aromatic carbocycles. The van der Waals surface area contributed by atoms with Crippen molar-refractivity contribution in [1.82, 2.24) is 0 Å². The number of anilines is 1. The van der Waals surface area contributed by atoms with Crippen LogP contribution in [0, 0.1) is 23.7 Å². The predicted octanol–water partition coefficient (Wildman–Crippen LogP) is 3.18. The molecule has 0 N–H and O–H groups in total. The second kappa shape index (κ2) is 6.28. The van der Waals surface area contributed by atoms with Gasteiger partial charge in [0.15, 0.2) is 0 Å². The highest BCUT2D eigenvalue weighted by atomic mass is 16.5. The summed E-state index contributed by atoms with van der Waals surface area (Å²) in [7, 11) is 0. The number of carbonyl (C=O) groups is 3. The lowest BCUT2D eigenvalue weighted by molar-refractivity contribution is -0.123. The van der Waals surface area contributed by atoms with E-state index >= 15 is 0 Å². The fraction of sp³-hybridized carbons (Fsp3) is 0.550. The quantitative estimate of drug-likeness (QED) is 0.469. The summed E-state index contributed by atoms with van der Waals surface area (Å²) in [4.78, 5) is 38.9. The number of esters is 1. The Morgan fingerprint density at radius 2 is 1.68 bits per heavy atom. The molecule has 2 amide bonds. The Labute approximate surface area is 147 Å². The predicted molar refractivity (Wildman–Crippen MR) is 91.9 cm³/mol. The molecule has 5 heteroatoms. The minimum atomic E-state index is -0.367. The Balaban J connectivity index is 1.50. The van der Waals surface area contributed by atoms with Crippen molar-refractivity contribution >= 4 is 23.5 Å². The number of hydrogen-bond acceptors (Lipinski definition) is 4. The number of ether oxygens (including phenoxy) is 1. The Hall–Kier alpha value is -2.17. The van der Waals surface area contributed by atoms with Crippen LogP contribution in [0.15, 0.2) is 24.3 Å². The average molecular weight is 341 g/mol. The van der Waals surface area contributed by atoms with Crippen molar-refractivity contribution in [1.29, 1.82) is 0 Å². The highest BCUT2D eigenvalue weighted by molar-refractivity contribution is 6.22. The van der Waals surface area contributed by atoms with Gasteiger partial charge in [-0.2, -0.15) is 0 Å². The molecule has 0 radical (unpaired) electrons. The van der Waals surface area contributed by atoms with Gasteiger partial charge in [-0.05, 0) is 61.8 Å². The van der Waals surface area contributed by atoms with Gasteiger partial charge in [0.2, 0.25) is 11.8 Å². The van der Waals surface area contributed by atoms with Crippen LogP contribution in [-0.2, 0) is 14.3 Å². The summed E-state index contributed by atoms with van der Waals surface area (Å²) in [6.07, 6.45) is 4.98. The molecule has 2 saturated carbocycles. The van der Waals surface area contributed by atoms with E-state index < -0.39 is 0 Å². The van der Waals surface area contributed by atoms with Crippen LogP contribution in [0.2, 0.25) is 0 Å². The van der Waals surface area contributed by atoms with E-state index in [1.165, 1.54) is 4.90 Å². The summed E-state index contributed by atoms with van der Waals surface area (Å²) in [6.45, 7) is 2.45. The van der Waals surface area contributed by atoms with Crippen LogP contribution >= 0.6 is 0 Å². The first-order chi connectivity index (χ1) is 12.1. The molecule has 2 bridgehead atoms. The van der Waals surface area contributed by atoms with Gasteiger partial charge in [-0.3, -0.25) is 14.5 Å². The number of rotatable bonds is 5. The minimum Gasteiger partial charge on any atom is -0.462 e. The van der Waals surface area contributed by atoms with E-state index in [0.29, 0.717) is 29.7 Å². The first-order valence-electron chi connectivity index (χ1n) is 9.26. The molecule has 0 spiro atoms. The van der Waals surface area contributed by atoms with Crippen LogP contribution < -0.4 is 4.90 Å². The molecule has 2 aliphatic carbocycles. The van der Waals surface area contributed by atoms with E-state index in [-0.39, 0.29) is 29.6 Å². The number of amides is 2. The molecule has 3 aliphatic rings. The molecule has 1 saturated heterocycles. The summed E-state index contributed by atoms with van der Waals surface area (Å²) >= 11 is 0. The molecule has 0 unspecified atom stereocenters. The van der Waals surface area contributed by atoms with Crippen molar-refractivity contribution in [2.45, 2.75) is 39.0 Å². The number of benzene rings is 1. The third kappa shape index (κ3) is 2.57. The van der Waals surface area contributed by atoms with E-state index in [9.17, 15) is 14.4 Å². The van der Waals surface area contributed by atoms with Crippen molar-refractivity contribution in [3.63, 3.8) is 0 Å². The summed E-state index contributed by atoms with van der Waals surface area (Å²) in [5.74, 6) is 0.0401. The van der Waals surface area contributed by atoms with Gasteiger partial charge >= 0.3 is 5.97 Å². The lowest BCUT2D eigenvalue weighted by Crippen LogP contribution is -2.32. The van der Waals surface area contributed by atoms with Crippen LogP contribution in [0.4, 0.5) is 5.69 Å². The fourth-order valence-corrected chi connectivity index (χ4v) is 4.80. The van der Waals surface area contributed by atoms with Gasteiger partial charge in [0, 0.05) is 0 Å². The van der Waals surface area contributed by atoms with E-state index in [4.69, 9.17) is 4.74 Å².